The summed E-state index contributed by atoms with van der Waals surface area (Å²) in [5.74, 6) is -1.99. The Morgan fingerprint density at radius 2 is 2.00 bits per heavy atom. The second-order valence-corrected chi connectivity index (χ2v) is 7.94. The summed E-state index contributed by atoms with van der Waals surface area (Å²) < 4.78 is 4.99. The van der Waals surface area contributed by atoms with E-state index in [-0.39, 0.29) is 38.8 Å². The number of urea groups is 1. The van der Waals surface area contributed by atoms with Gasteiger partial charge in [0.2, 0.25) is 0 Å². The molecule has 0 atom stereocenters. The largest absolute Gasteiger partial charge is 0.466 e. The molecule has 0 radical (unpaired) electrons. The molecule has 9 heteroatoms. The molecule has 0 aromatic carbocycles. The van der Waals surface area contributed by atoms with E-state index < -0.39 is 17.8 Å². The number of rotatable bonds is 11. The molecule has 172 valence electrons. The monoisotopic (exact) mass is 442 g/mol. The molecule has 2 heterocycles. The van der Waals surface area contributed by atoms with E-state index in [2.05, 4.69) is 11.1 Å². The Morgan fingerprint density at radius 1 is 1.19 bits per heavy atom. The standard InChI is InChI=1S/C23H30N4O5/c1-2-32-20(28)11-13-25(16-19-9-6-12-24-15-19)17-27-22(30)21(29)26(23(27)31)14-10-18-7-4-3-5-8-18/h6-7,9,12,15H,2-5,8,10-11,13-14,16-17H2,1H3. The zero-order chi connectivity index (χ0) is 22.9. The molecular weight excluding hydrogens is 412 g/mol. The minimum absolute atomic E-state index is 0.0864. The summed E-state index contributed by atoms with van der Waals surface area (Å²) in [4.78, 5) is 57.6. The minimum atomic E-state index is -0.833. The van der Waals surface area contributed by atoms with Crippen LogP contribution in [-0.4, -0.2) is 69.9 Å². The van der Waals surface area contributed by atoms with Crippen LogP contribution in [0.5, 0.6) is 0 Å². The second-order valence-electron chi connectivity index (χ2n) is 7.94. The third kappa shape index (κ3) is 6.23. The van der Waals surface area contributed by atoms with E-state index in [4.69, 9.17) is 4.74 Å². The molecule has 0 bridgehead atoms. The Hall–Kier alpha value is -3.07. The third-order valence-corrected chi connectivity index (χ3v) is 5.58. The first-order valence-corrected chi connectivity index (χ1v) is 11.1. The van der Waals surface area contributed by atoms with E-state index >= 15 is 0 Å². The molecule has 2 aliphatic rings. The van der Waals surface area contributed by atoms with E-state index in [0.717, 1.165) is 41.0 Å². The van der Waals surface area contributed by atoms with Gasteiger partial charge in [-0.1, -0.05) is 17.7 Å². The average Bonchev–Trinajstić information content (AvgIpc) is 3.00. The summed E-state index contributed by atoms with van der Waals surface area (Å²) >= 11 is 0. The zero-order valence-electron chi connectivity index (χ0n) is 18.5. The maximum absolute atomic E-state index is 12.9. The van der Waals surface area contributed by atoms with Gasteiger partial charge in [-0.05, 0) is 50.7 Å². The van der Waals surface area contributed by atoms with Crippen molar-refractivity contribution in [3.63, 3.8) is 0 Å². The van der Waals surface area contributed by atoms with Crippen LogP contribution in [0, 0.1) is 0 Å². The first-order valence-electron chi connectivity index (χ1n) is 11.1. The van der Waals surface area contributed by atoms with Gasteiger partial charge in [-0.15, -0.1) is 0 Å². The van der Waals surface area contributed by atoms with Crippen molar-refractivity contribution in [1.29, 1.82) is 0 Å². The van der Waals surface area contributed by atoms with Gasteiger partial charge in [0.1, 0.15) is 0 Å². The van der Waals surface area contributed by atoms with Crippen molar-refractivity contribution in [2.45, 2.75) is 52.0 Å². The number of pyridine rings is 1. The summed E-state index contributed by atoms with van der Waals surface area (Å²) in [6.45, 7) is 2.77. The molecule has 0 N–H and O–H groups in total. The van der Waals surface area contributed by atoms with E-state index in [1.54, 1.807) is 30.3 Å². The molecule has 0 unspecified atom stereocenters. The normalized spacial score (nSPS) is 16.7. The summed E-state index contributed by atoms with van der Waals surface area (Å²) in [7, 11) is 0. The molecule has 32 heavy (non-hydrogen) atoms. The van der Waals surface area contributed by atoms with Crippen LogP contribution in [0.15, 0.2) is 36.2 Å². The highest BCUT2D eigenvalue weighted by Gasteiger charge is 2.44. The average molecular weight is 443 g/mol. The fourth-order valence-corrected chi connectivity index (χ4v) is 3.89. The number of imide groups is 2. The van der Waals surface area contributed by atoms with Crippen LogP contribution in [0.25, 0.3) is 0 Å². The predicted octanol–water partition coefficient (Wildman–Crippen LogP) is 2.48. The Labute approximate surface area is 188 Å². The van der Waals surface area contributed by atoms with Crippen LogP contribution < -0.4 is 0 Å². The van der Waals surface area contributed by atoms with Crippen LogP contribution in [0.4, 0.5) is 4.79 Å². The van der Waals surface area contributed by atoms with Gasteiger partial charge in [-0.25, -0.2) is 9.69 Å². The number of allylic oxidation sites excluding steroid dienone is 1. The summed E-state index contributed by atoms with van der Waals surface area (Å²) in [6, 6.07) is 3.05. The quantitative estimate of drug-likeness (QED) is 0.225. The van der Waals surface area contributed by atoms with E-state index in [1.807, 2.05) is 6.07 Å². The molecule has 1 aromatic rings. The number of amides is 4. The van der Waals surface area contributed by atoms with Crippen molar-refractivity contribution in [1.82, 2.24) is 19.7 Å². The summed E-state index contributed by atoms with van der Waals surface area (Å²) in [5, 5.41) is 0. The van der Waals surface area contributed by atoms with Crippen molar-refractivity contribution in [3.8, 4) is 0 Å². The smallest absolute Gasteiger partial charge is 0.335 e. The third-order valence-electron chi connectivity index (χ3n) is 5.58. The van der Waals surface area contributed by atoms with Crippen molar-refractivity contribution in [3.05, 3.63) is 41.7 Å². The van der Waals surface area contributed by atoms with Gasteiger partial charge in [-0.3, -0.25) is 29.2 Å². The summed E-state index contributed by atoms with van der Waals surface area (Å²) in [6.07, 6.45) is 10.5. The number of nitrogens with zero attached hydrogens (tertiary/aromatic N) is 4. The van der Waals surface area contributed by atoms with Crippen molar-refractivity contribution in [2.24, 2.45) is 0 Å². The zero-order valence-corrected chi connectivity index (χ0v) is 18.5. The number of hydrogen-bond acceptors (Lipinski definition) is 7. The lowest BCUT2D eigenvalue weighted by Gasteiger charge is -2.26. The maximum Gasteiger partial charge on any atom is 0.335 e. The van der Waals surface area contributed by atoms with Crippen LogP contribution in [0.2, 0.25) is 0 Å². The number of carbonyl (C=O) groups is 4. The molecule has 3 rings (SSSR count). The molecule has 0 spiro atoms. The molecule has 1 saturated heterocycles. The van der Waals surface area contributed by atoms with Crippen molar-refractivity contribution in [2.75, 3.05) is 26.4 Å². The molecular formula is C23H30N4O5. The number of ether oxygens (including phenoxy) is 1. The van der Waals surface area contributed by atoms with E-state index in [0.29, 0.717) is 13.0 Å². The van der Waals surface area contributed by atoms with Gasteiger partial charge < -0.3 is 4.74 Å². The van der Waals surface area contributed by atoms with Gasteiger partial charge in [0.05, 0.1) is 19.7 Å². The predicted molar refractivity (Wildman–Crippen MR) is 116 cm³/mol. The van der Waals surface area contributed by atoms with Crippen molar-refractivity contribution >= 4 is 23.8 Å². The molecule has 1 aliphatic carbocycles. The maximum atomic E-state index is 12.9. The topological polar surface area (TPSA) is 100 Å². The molecule has 1 aliphatic heterocycles. The first kappa shape index (κ1) is 23.6. The molecule has 9 nitrogen and oxygen atoms in total. The van der Waals surface area contributed by atoms with Crippen LogP contribution >= 0.6 is 0 Å². The van der Waals surface area contributed by atoms with E-state index in [9.17, 15) is 19.2 Å². The SMILES string of the molecule is CCOC(=O)CCN(Cc1cccnc1)CN1C(=O)C(=O)N(CCC2=CCCCC2)C1=O. The number of carbonyl (C=O) groups excluding carboxylic acids is 4. The minimum Gasteiger partial charge on any atom is -0.466 e. The number of esters is 1. The Morgan fingerprint density at radius 3 is 2.69 bits per heavy atom. The Bertz CT molecular complexity index is 870. The first-order chi connectivity index (χ1) is 15.5. The summed E-state index contributed by atoms with van der Waals surface area (Å²) in [5.41, 5.74) is 2.10. The van der Waals surface area contributed by atoms with Gasteiger partial charge in [0, 0.05) is 32.0 Å². The van der Waals surface area contributed by atoms with Crippen LogP contribution in [0.1, 0.15) is 51.0 Å². The number of hydrogen-bond donors (Lipinski definition) is 0. The fraction of sp³-hybridized carbons (Fsp3) is 0.522. The van der Waals surface area contributed by atoms with Crippen molar-refractivity contribution < 1.29 is 23.9 Å². The van der Waals surface area contributed by atoms with Gasteiger partial charge >= 0.3 is 23.8 Å². The van der Waals surface area contributed by atoms with Gasteiger partial charge in [0.25, 0.3) is 0 Å². The highest BCUT2D eigenvalue weighted by Crippen LogP contribution is 2.22. The second kappa shape index (κ2) is 11.5. The number of aromatic nitrogens is 1. The molecule has 1 aromatic heterocycles. The molecule has 4 amide bonds. The highest BCUT2D eigenvalue weighted by molar-refractivity contribution is 6.44. The van der Waals surface area contributed by atoms with Gasteiger partial charge in [0.15, 0.2) is 0 Å². The Kier molecular flexibility index (Phi) is 8.49. The lowest BCUT2D eigenvalue weighted by Crippen LogP contribution is -2.43. The molecule has 0 saturated carbocycles. The highest BCUT2D eigenvalue weighted by atomic mass is 16.5. The van der Waals surface area contributed by atoms with Crippen LogP contribution in [0.3, 0.4) is 0 Å². The van der Waals surface area contributed by atoms with Crippen LogP contribution in [-0.2, 0) is 25.7 Å². The van der Waals surface area contributed by atoms with E-state index in [1.165, 1.54) is 5.57 Å². The molecule has 1 fully saturated rings. The fourth-order valence-electron chi connectivity index (χ4n) is 3.89. The lowest BCUT2D eigenvalue weighted by atomic mass is 9.97. The Balaban J connectivity index is 1.65. The van der Waals surface area contributed by atoms with Gasteiger partial charge in [-0.2, -0.15) is 0 Å². The lowest BCUT2D eigenvalue weighted by molar-refractivity contribution is -0.144.